The first-order chi connectivity index (χ1) is 8.36. The van der Waals surface area contributed by atoms with Crippen LogP contribution in [0.4, 0.5) is 0 Å². The number of hydrogen-bond acceptors (Lipinski definition) is 1. The van der Waals surface area contributed by atoms with Crippen molar-refractivity contribution < 1.29 is 4.79 Å². The van der Waals surface area contributed by atoms with Crippen LogP contribution < -0.4 is 0 Å². The molecule has 2 atom stereocenters. The topological polar surface area (TPSA) is 17.1 Å². The Morgan fingerprint density at radius 3 is 2.53 bits per heavy atom. The highest BCUT2D eigenvalue weighted by Gasteiger charge is 2.36. The molecule has 0 heterocycles. The Kier molecular flexibility index (Phi) is 2.84. The van der Waals surface area contributed by atoms with Crippen molar-refractivity contribution in [3.63, 3.8) is 0 Å². The van der Waals surface area contributed by atoms with Crippen molar-refractivity contribution in [2.24, 2.45) is 11.8 Å². The van der Waals surface area contributed by atoms with E-state index in [0.717, 1.165) is 17.6 Å². The van der Waals surface area contributed by atoms with E-state index in [0.29, 0.717) is 11.7 Å². The second-order valence-electron chi connectivity index (χ2n) is 5.22. The molecular formula is C16H18O. The summed E-state index contributed by atoms with van der Waals surface area (Å²) in [4.78, 5) is 12.4. The maximum atomic E-state index is 12.4. The summed E-state index contributed by atoms with van der Waals surface area (Å²) < 4.78 is 0. The second-order valence-corrected chi connectivity index (χ2v) is 5.22. The van der Waals surface area contributed by atoms with Crippen LogP contribution in [0.5, 0.6) is 0 Å². The minimum Gasteiger partial charge on any atom is -0.294 e. The molecule has 17 heavy (non-hydrogen) atoms. The molecule has 2 unspecified atom stereocenters. The summed E-state index contributed by atoms with van der Waals surface area (Å²) in [5.74, 6) is 1.19. The fourth-order valence-corrected chi connectivity index (χ4v) is 3.21. The number of carbonyl (C=O) groups is 1. The van der Waals surface area contributed by atoms with Gasteiger partial charge in [0, 0.05) is 11.5 Å². The van der Waals surface area contributed by atoms with Crippen molar-refractivity contribution in [1.82, 2.24) is 0 Å². The van der Waals surface area contributed by atoms with Crippen molar-refractivity contribution in [3.8, 4) is 0 Å². The second kappa shape index (κ2) is 4.48. The number of hydrogen-bond donors (Lipinski definition) is 0. The molecule has 1 aromatic carbocycles. The normalized spacial score (nSPS) is 28.5. The number of Topliss-reactive ketones (excluding diaryl/α,β-unsaturated/α-hetero) is 1. The standard InChI is InChI=1S/C16H18O/c17-16-14-10-6-2-5-9-13(14)11-15(16)12-7-3-1-4-8-12/h1,3-4,7-8,11,13-14H,2,5-6,9-10H2. The van der Waals surface area contributed by atoms with E-state index in [1.807, 2.05) is 18.2 Å². The first kappa shape index (κ1) is 10.8. The van der Waals surface area contributed by atoms with E-state index >= 15 is 0 Å². The number of allylic oxidation sites excluding steroid dienone is 2. The van der Waals surface area contributed by atoms with Gasteiger partial charge in [-0.2, -0.15) is 0 Å². The lowest BCUT2D eigenvalue weighted by Gasteiger charge is -2.13. The van der Waals surface area contributed by atoms with Crippen LogP contribution in [0.2, 0.25) is 0 Å². The lowest BCUT2D eigenvalue weighted by atomic mass is 9.89. The Morgan fingerprint density at radius 2 is 1.71 bits per heavy atom. The van der Waals surface area contributed by atoms with Crippen LogP contribution in [-0.4, -0.2) is 5.78 Å². The third-order valence-electron chi connectivity index (χ3n) is 4.14. The summed E-state index contributed by atoms with van der Waals surface area (Å²) in [6.45, 7) is 0. The fraction of sp³-hybridized carbons (Fsp3) is 0.438. The molecular weight excluding hydrogens is 208 g/mol. The summed E-state index contributed by atoms with van der Waals surface area (Å²) in [6, 6.07) is 10.1. The highest BCUT2D eigenvalue weighted by atomic mass is 16.1. The average molecular weight is 226 g/mol. The number of fused-ring (bicyclic) bond motifs is 1. The largest absolute Gasteiger partial charge is 0.294 e. The van der Waals surface area contributed by atoms with E-state index < -0.39 is 0 Å². The van der Waals surface area contributed by atoms with Gasteiger partial charge in [-0.3, -0.25) is 4.79 Å². The Bertz CT molecular complexity index is 444. The predicted octanol–water partition coefficient (Wildman–Crippen LogP) is 3.85. The Morgan fingerprint density at radius 1 is 0.941 bits per heavy atom. The minimum atomic E-state index is 0.285. The van der Waals surface area contributed by atoms with Crippen LogP contribution >= 0.6 is 0 Å². The zero-order valence-electron chi connectivity index (χ0n) is 10.1. The first-order valence-electron chi connectivity index (χ1n) is 6.68. The molecule has 1 fully saturated rings. The first-order valence-corrected chi connectivity index (χ1v) is 6.68. The van der Waals surface area contributed by atoms with Gasteiger partial charge in [-0.15, -0.1) is 0 Å². The molecule has 1 nitrogen and oxygen atoms in total. The lowest BCUT2D eigenvalue weighted by molar-refractivity contribution is -0.117. The summed E-state index contributed by atoms with van der Waals surface area (Å²) in [7, 11) is 0. The van der Waals surface area contributed by atoms with Gasteiger partial charge < -0.3 is 0 Å². The molecule has 0 aliphatic heterocycles. The van der Waals surface area contributed by atoms with Crippen molar-refractivity contribution in [1.29, 1.82) is 0 Å². The van der Waals surface area contributed by atoms with Crippen molar-refractivity contribution in [3.05, 3.63) is 42.0 Å². The summed E-state index contributed by atoms with van der Waals surface area (Å²) >= 11 is 0. The molecule has 0 N–H and O–H groups in total. The SMILES string of the molecule is O=C1C(c2ccccc2)=CC2CCCCCC12. The molecule has 0 aromatic heterocycles. The molecule has 1 saturated carbocycles. The highest BCUT2D eigenvalue weighted by Crippen LogP contribution is 2.40. The molecule has 0 spiro atoms. The summed E-state index contributed by atoms with van der Waals surface area (Å²) in [5.41, 5.74) is 2.08. The van der Waals surface area contributed by atoms with E-state index in [4.69, 9.17) is 0 Å². The molecule has 2 aliphatic rings. The number of rotatable bonds is 1. The molecule has 0 saturated heterocycles. The van der Waals surface area contributed by atoms with Crippen molar-refractivity contribution in [2.75, 3.05) is 0 Å². The molecule has 0 amide bonds. The van der Waals surface area contributed by atoms with Gasteiger partial charge in [0.2, 0.25) is 0 Å². The Labute approximate surface area is 103 Å². The van der Waals surface area contributed by atoms with Crippen LogP contribution in [0.3, 0.4) is 0 Å². The van der Waals surface area contributed by atoms with Crippen molar-refractivity contribution >= 4 is 11.4 Å². The van der Waals surface area contributed by atoms with Crippen LogP contribution in [0.1, 0.15) is 37.7 Å². The van der Waals surface area contributed by atoms with Crippen LogP contribution in [0.25, 0.3) is 5.57 Å². The molecule has 88 valence electrons. The molecule has 1 aromatic rings. The van der Waals surface area contributed by atoms with E-state index in [1.165, 1.54) is 25.7 Å². The zero-order chi connectivity index (χ0) is 11.7. The fourth-order valence-electron chi connectivity index (χ4n) is 3.21. The van der Waals surface area contributed by atoms with E-state index in [9.17, 15) is 4.79 Å². The van der Waals surface area contributed by atoms with Crippen molar-refractivity contribution in [2.45, 2.75) is 32.1 Å². The van der Waals surface area contributed by atoms with Crippen LogP contribution in [-0.2, 0) is 4.79 Å². The highest BCUT2D eigenvalue weighted by molar-refractivity contribution is 6.24. The number of carbonyl (C=O) groups excluding carboxylic acids is 1. The van der Waals surface area contributed by atoms with Gasteiger partial charge in [-0.05, 0) is 24.3 Å². The van der Waals surface area contributed by atoms with Gasteiger partial charge in [-0.1, -0.05) is 55.7 Å². The molecule has 2 aliphatic carbocycles. The maximum Gasteiger partial charge on any atom is 0.166 e. The van der Waals surface area contributed by atoms with Gasteiger partial charge in [0.25, 0.3) is 0 Å². The third-order valence-corrected chi connectivity index (χ3v) is 4.14. The molecule has 0 bridgehead atoms. The van der Waals surface area contributed by atoms with Gasteiger partial charge in [0.1, 0.15) is 0 Å². The van der Waals surface area contributed by atoms with E-state index in [2.05, 4.69) is 18.2 Å². The van der Waals surface area contributed by atoms with E-state index in [1.54, 1.807) is 0 Å². The third kappa shape index (κ3) is 1.95. The number of ketones is 1. The summed E-state index contributed by atoms with van der Waals surface area (Å²) in [6.07, 6.45) is 8.35. The minimum absolute atomic E-state index is 0.285. The molecule has 0 radical (unpaired) electrons. The number of benzene rings is 1. The van der Waals surface area contributed by atoms with Gasteiger partial charge in [-0.25, -0.2) is 0 Å². The lowest BCUT2D eigenvalue weighted by Crippen LogP contribution is -2.15. The monoisotopic (exact) mass is 226 g/mol. The van der Waals surface area contributed by atoms with Gasteiger partial charge in [0.15, 0.2) is 5.78 Å². The Hall–Kier alpha value is -1.37. The quantitative estimate of drug-likeness (QED) is 0.711. The van der Waals surface area contributed by atoms with Gasteiger partial charge >= 0.3 is 0 Å². The smallest absolute Gasteiger partial charge is 0.166 e. The Balaban J connectivity index is 1.92. The zero-order valence-corrected chi connectivity index (χ0v) is 10.1. The maximum absolute atomic E-state index is 12.4. The summed E-state index contributed by atoms with van der Waals surface area (Å²) in [5, 5.41) is 0. The van der Waals surface area contributed by atoms with Gasteiger partial charge in [0.05, 0.1) is 0 Å². The average Bonchev–Trinajstić information content (AvgIpc) is 2.56. The van der Waals surface area contributed by atoms with Crippen LogP contribution in [0, 0.1) is 11.8 Å². The van der Waals surface area contributed by atoms with E-state index in [-0.39, 0.29) is 5.92 Å². The molecule has 3 rings (SSSR count). The predicted molar refractivity (Wildman–Crippen MR) is 69.5 cm³/mol. The van der Waals surface area contributed by atoms with Crippen LogP contribution in [0.15, 0.2) is 36.4 Å². The molecule has 1 heteroatoms.